The number of aryl methyl sites for hydroxylation is 2. The van der Waals surface area contributed by atoms with Crippen molar-refractivity contribution in [2.24, 2.45) is 23.7 Å². The van der Waals surface area contributed by atoms with Crippen LogP contribution in [0.1, 0.15) is 51.4 Å². The molecule has 2 aliphatic heterocycles. The summed E-state index contributed by atoms with van der Waals surface area (Å²) >= 11 is 12.7. The zero-order chi connectivity index (χ0) is 39.1. The lowest BCUT2D eigenvalue weighted by molar-refractivity contribution is -0.138. The molecule has 1 saturated carbocycles. The predicted octanol–water partition coefficient (Wildman–Crippen LogP) is 7.21. The van der Waals surface area contributed by atoms with Crippen LogP contribution in [0.5, 0.6) is 11.5 Å². The van der Waals surface area contributed by atoms with Crippen LogP contribution >= 0.6 is 23.2 Å². The minimum Gasteiger partial charge on any atom is -0.507 e. The van der Waals surface area contributed by atoms with Gasteiger partial charge in [-0.1, -0.05) is 65.2 Å². The second kappa shape index (κ2) is 13.3. The summed E-state index contributed by atoms with van der Waals surface area (Å²) in [5.74, 6) is -6.82. The summed E-state index contributed by atoms with van der Waals surface area (Å²) < 4.78 is 5.47. The summed E-state index contributed by atoms with van der Waals surface area (Å²) in [6, 6.07) is 21.0. The Morgan fingerprint density at radius 1 is 0.891 bits per heavy atom. The topological polar surface area (TPSA) is 154 Å². The third kappa shape index (κ3) is 5.43. The number of phenolic OH excluding ortho intramolecular Hbond substituents is 1. The number of rotatable bonds is 7. The highest BCUT2D eigenvalue weighted by molar-refractivity contribution is 6.36. The SMILES string of the molecule is COc1ccc([C@@]23C(=O)N(Nc4ccc(Cl)cc4Cl)C(=O)[C@@H]2C[C@@H]2C(=CC[C@@H]4C(=O)N(c5cccc(C(=O)O)c5)C(=O)[C@@H]42)[C@@H]3c2cc(C)c(O)c(C)c2)cc1. The monoisotopic (exact) mass is 779 g/mol. The number of halogens is 2. The van der Waals surface area contributed by atoms with Crippen molar-refractivity contribution >= 4 is 64.2 Å². The predicted molar refractivity (Wildman–Crippen MR) is 204 cm³/mol. The van der Waals surface area contributed by atoms with E-state index in [1.165, 1.54) is 37.4 Å². The second-order valence-electron chi connectivity index (χ2n) is 14.6. The summed E-state index contributed by atoms with van der Waals surface area (Å²) in [6.07, 6.45) is 2.16. The van der Waals surface area contributed by atoms with Gasteiger partial charge >= 0.3 is 5.97 Å². The molecule has 0 radical (unpaired) electrons. The van der Waals surface area contributed by atoms with Crippen LogP contribution in [0.25, 0.3) is 0 Å². The molecule has 3 N–H and O–H groups in total. The van der Waals surface area contributed by atoms with Gasteiger partial charge in [-0.3, -0.25) is 29.5 Å². The van der Waals surface area contributed by atoms with Crippen LogP contribution < -0.4 is 15.1 Å². The molecule has 8 rings (SSSR count). The first-order valence-electron chi connectivity index (χ1n) is 17.7. The molecule has 2 saturated heterocycles. The van der Waals surface area contributed by atoms with Gasteiger partial charge in [0.2, 0.25) is 11.8 Å². The van der Waals surface area contributed by atoms with E-state index in [9.17, 15) is 29.4 Å². The maximum atomic E-state index is 15.5. The number of fused-ring (bicyclic) bond motifs is 4. The lowest BCUT2D eigenvalue weighted by Crippen LogP contribution is -2.53. The van der Waals surface area contributed by atoms with Gasteiger partial charge in [0.05, 0.1) is 52.2 Å². The fraction of sp³-hybridized carbons (Fsp3) is 0.262. The van der Waals surface area contributed by atoms with Gasteiger partial charge in [-0.2, -0.15) is 5.01 Å². The Labute approximate surface area is 326 Å². The molecule has 0 unspecified atom stereocenters. The van der Waals surface area contributed by atoms with Crippen molar-refractivity contribution in [1.82, 2.24) is 5.01 Å². The molecule has 2 aliphatic carbocycles. The van der Waals surface area contributed by atoms with Crippen molar-refractivity contribution in [3.05, 3.63) is 128 Å². The van der Waals surface area contributed by atoms with Crippen LogP contribution in [-0.2, 0) is 24.6 Å². The van der Waals surface area contributed by atoms with Crippen LogP contribution in [0.3, 0.4) is 0 Å². The van der Waals surface area contributed by atoms with Crippen molar-refractivity contribution in [1.29, 1.82) is 0 Å². The number of hydrogen-bond donors (Lipinski definition) is 3. The molecule has 0 bridgehead atoms. The van der Waals surface area contributed by atoms with Crippen molar-refractivity contribution in [2.75, 3.05) is 17.4 Å². The van der Waals surface area contributed by atoms with E-state index in [2.05, 4.69) is 5.43 Å². The molecule has 13 heteroatoms. The first-order valence-corrected chi connectivity index (χ1v) is 18.5. The molecule has 280 valence electrons. The number of carbonyl (C=O) groups is 5. The van der Waals surface area contributed by atoms with Crippen molar-refractivity contribution < 1.29 is 38.9 Å². The highest BCUT2D eigenvalue weighted by atomic mass is 35.5. The molecule has 4 aromatic rings. The zero-order valence-corrected chi connectivity index (χ0v) is 31.4. The summed E-state index contributed by atoms with van der Waals surface area (Å²) in [7, 11) is 1.53. The summed E-state index contributed by atoms with van der Waals surface area (Å²) in [5.41, 5.74) is 4.81. The summed E-state index contributed by atoms with van der Waals surface area (Å²) in [5, 5.41) is 22.1. The van der Waals surface area contributed by atoms with Crippen LogP contribution in [0.2, 0.25) is 10.0 Å². The molecular weight excluding hydrogens is 745 g/mol. The van der Waals surface area contributed by atoms with Crippen molar-refractivity contribution in [3.63, 3.8) is 0 Å². The number of allylic oxidation sites excluding steroid dienone is 2. The molecule has 0 aromatic heterocycles. The van der Waals surface area contributed by atoms with E-state index < -0.39 is 64.6 Å². The molecule has 11 nitrogen and oxygen atoms in total. The van der Waals surface area contributed by atoms with Crippen molar-refractivity contribution in [2.45, 2.75) is 38.0 Å². The molecule has 2 heterocycles. The number of phenols is 1. The van der Waals surface area contributed by atoms with E-state index in [0.29, 0.717) is 33.0 Å². The normalized spacial score (nSPS) is 25.7. The first kappa shape index (κ1) is 36.3. The average Bonchev–Trinajstić information content (AvgIpc) is 3.55. The van der Waals surface area contributed by atoms with Crippen LogP contribution in [0, 0.1) is 37.5 Å². The number of hydrogen-bond acceptors (Lipinski definition) is 8. The number of nitrogens with one attached hydrogen (secondary N) is 1. The average molecular weight is 781 g/mol. The molecular formula is C42H35Cl2N3O8. The fourth-order valence-electron chi connectivity index (χ4n) is 9.41. The third-order valence-corrected chi connectivity index (χ3v) is 12.3. The van der Waals surface area contributed by atoms with Gasteiger partial charge < -0.3 is 14.9 Å². The van der Waals surface area contributed by atoms with E-state index in [-0.39, 0.29) is 40.6 Å². The zero-order valence-electron chi connectivity index (χ0n) is 29.9. The van der Waals surface area contributed by atoms with Crippen LogP contribution in [0.4, 0.5) is 11.4 Å². The molecule has 6 atom stereocenters. The standard InChI is InChI=1S/C42H35Cl2N3O8/c1-20-15-23(16-21(2)36(20)48)35-28-12-13-29-34(39(51)46(37(29)49)26-6-4-5-22(17-26)40(52)53)30(28)19-31-38(50)47(45-33-14-9-25(43)18-32(33)44)41(54)42(31,35)24-7-10-27(55-3)11-8-24/h4-12,14-18,29-31,34-35,45,48H,13,19H2,1-3H3,(H,52,53)/t29-,30+,31-,34-,35-,42+/m0/s1. The molecule has 4 aromatic carbocycles. The Morgan fingerprint density at radius 3 is 2.25 bits per heavy atom. The largest absolute Gasteiger partial charge is 0.507 e. The van der Waals surface area contributed by atoms with E-state index in [1.54, 1.807) is 62.4 Å². The number of ether oxygens (including phenoxy) is 1. The number of benzene rings is 4. The second-order valence-corrected chi connectivity index (χ2v) is 15.4. The Bertz CT molecular complexity index is 2360. The first-order chi connectivity index (χ1) is 26.3. The molecule has 55 heavy (non-hydrogen) atoms. The number of anilines is 2. The van der Waals surface area contributed by atoms with Crippen molar-refractivity contribution in [3.8, 4) is 11.5 Å². The molecule has 0 spiro atoms. The minimum atomic E-state index is -1.57. The number of amides is 4. The minimum absolute atomic E-state index is 0.0463. The van der Waals surface area contributed by atoms with Gasteiger partial charge in [-0.05, 0) is 103 Å². The third-order valence-electron chi connectivity index (χ3n) is 11.8. The van der Waals surface area contributed by atoms with Gasteiger partial charge in [0.15, 0.2) is 0 Å². The van der Waals surface area contributed by atoms with Gasteiger partial charge in [0.25, 0.3) is 11.8 Å². The Kier molecular flexibility index (Phi) is 8.77. The van der Waals surface area contributed by atoms with Gasteiger partial charge in [-0.15, -0.1) is 0 Å². The maximum Gasteiger partial charge on any atom is 0.335 e. The van der Waals surface area contributed by atoms with Gasteiger partial charge in [0, 0.05) is 10.9 Å². The summed E-state index contributed by atoms with van der Waals surface area (Å²) in [4.78, 5) is 72.0. The highest BCUT2D eigenvalue weighted by Gasteiger charge is 2.70. The van der Waals surface area contributed by atoms with E-state index >= 15 is 4.79 Å². The maximum absolute atomic E-state index is 15.5. The van der Waals surface area contributed by atoms with Gasteiger partial charge in [0.1, 0.15) is 11.5 Å². The smallest absolute Gasteiger partial charge is 0.335 e. The number of imide groups is 2. The van der Waals surface area contributed by atoms with Crippen LogP contribution in [-0.4, -0.2) is 51.9 Å². The number of aromatic hydroxyl groups is 1. The quantitative estimate of drug-likeness (QED) is 0.130. The summed E-state index contributed by atoms with van der Waals surface area (Å²) in [6.45, 7) is 3.52. The molecule has 4 aliphatic rings. The van der Waals surface area contributed by atoms with Gasteiger partial charge in [-0.25, -0.2) is 4.79 Å². The number of carboxylic acid groups (broad SMARTS) is 1. The lowest BCUT2D eigenvalue weighted by atomic mass is 9.49. The number of nitrogens with zero attached hydrogens (tertiary/aromatic N) is 2. The lowest BCUT2D eigenvalue weighted by Gasteiger charge is -2.50. The highest BCUT2D eigenvalue weighted by Crippen LogP contribution is 2.64. The molecule has 3 fully saturated rings. The van der Waals surface area contributed by atoms with E-state index in [0.717, 1.165) is 15.5 Å². The van der Waals surface area contributed by atoms with E-state index in [1.807, 2.05) is 6.08 Å². The number of carbonyl (C=O) groups excluding carboxylic acids is 4. The van der Waals surface area contributed by atoms with Crippen LogP contribution in [0.15, 0.2) is 90.5 Å². The Balaban J connectivity index is 1.34. The number of methoxy groups -OCH3 is 1. The number of carboxylic acids is 1. The Morgan fingerprint density at radius 2 is 1.60 bits per heavy atom. The number of hydrazine groups is 1. The fourth-order valence-corrected chi connectivity index (χ4v) is 9.86. The van der Waals surface area contributed by atoms with E-state index in [4.69, 9.17) is 27.9 Å². The Hall–Kier alpha value is -5.65. The molecule has 4 amide bonds. The number of aromatic carboxylic acids is 1.